The van der Waals surface area contributed by atoms with E-state index in [1.807, 2.05) is 0 Å². The molecule has 1 saturated heterocycles. The van der Waals surface area contributed by atoms with Gasteiger partial charge < -0.3 is 20.8 Å². The molecule has 0 aromatic rings. The van der Waals surface area contributed by atoms with Crippen molar-refractivity contribution in [2.24, 2.45) is 15.7 Å². The Labute approximate surface area is 102 Å². The zero-order valence-electron chi connectivity index (χ0n) is 9.11. The molecule has 96 valence electrons. The Hall–Kier alpha value is -0.860. The highest BCUT2D eigenvalue weighted by Gasteiger charge is 2.36. The van der Waals surface area contributed by atoms with Crippen LogP contribution >= 0.6 is 11.8 Å². The summed E-state index contributed by atoms with van der Waals surface area (Å²) in [5, 5.41) is 18.2. The molecule has 17 heavy (non-hydrogen) atoms. The fraction of sp³-hybridized carbons (Fsp3) is 0.778. The molecule has 0 aliphatic carbocycles. The van der Waals surface area contributed by atoms with Crippen LogP contribution in [0.5, 0.6) is 0 Å². The highest BCUT2D eigenvalue weighted by molar-refractivity contribution is 8.00. The van der Waals surface area contributed by atoms with E-state index < -0.39 is 12.5 Å². The number of guanidine groups is 1. The van der Waals surface area contributed by atoms with E-state index in [1.165, 1.54) is 23.0 Å². The van der Waals surface area contributed by atoms with Gasteiger partial charge in [-0.1, -0.05) is 0 Å². The third-order valence-corrected chi connectivity index (χ3v) is 4.26. The molecule has 0 amide bonds. The van der Waals surface area contributed by atoms with Crippen molar-refractivity contribution in [1.29, 1.82) is 0 Å². The highest BCUT2D eigenvalue weighted by atomic mass is 32.2. The SMILES string of the molecule is NC1=NC(O)N(C[C@@H]2S[C@H](CO)C[C@@H]2F)C=N1. The van der Waals surface area contributed by atoms with Gasteiger partial charge in [0.25, 0.3) is 0 Å². The van der Waals surface area contributed by atoms with Crippen LogP contribution in [0.25, 0.3) is 0 Å². The predicted molar refractivity (Wildman–Crippen MR) is 64.6 cm³/mol. The minimum absolute atomic E-state index is 0.0119. The largest absolute Gasteiger partial charge is 0.395 e. The van der Waals surface area contributed by atoms with Gasteiger partial charge in [0.15, 0.2) is 0 Å². The maximum atomic E-state index is 13.6. The van der Waals surface area contributed by atoms with Gasteiger partial charge in [-0.3, -0.25) is 0 Å². The Kier molecular flexibility index (Phi) is 3.85. The number of nitrogens with two attached hydrogens (primary N) is 1. The number of hydrogen-bond donors (Lipinski definition) is 3. The molecule has 2 aliphatic heterocycles. The zero-order valence-corrected chi connectivity index (χ0v) is 9.92. The van der Waals surface area contributed by atoms with Gasteiger partial charge in [-0.05, 0) is 6.42 Å². The Morgan fingerprint density at radius 1 is 1.65 bits per heavy atom. The molecule has 2 heterocycles. The maximum Gasteiger partial charge on any atom is 0.229 e. The van der Waals surface area contributed by atoms with Crippen LogP contribution in [0.4, 0.5) is 4.39 Å². The van der Waals surface area contributed by atoms with Crippen LogP contribution in [0.3, 0.4) is 0 Å². The molecule has 1 fully saturated rings. The smallest absolute Gasteiger partial charge is 0.229 e. The normalized spacial score (nSPS) is 37.4. The zero-order chi connectivity index (χ0) is 12.4. The fourth-order valence-corrected chi connectivity index (χ4v) is 3.25. The summed E-state index contributed by atoms with van der Waals surface area (Å²) in [6.07, 6.45) is -0.375. The molecule has 1 unspecified atom stereocenters. The number of aliphatic imine (C=N–C) groups is 2. The minimum Gasteiger partial charge on any atom is -0.395 e. The summed E-state index contributed by atoms with van der Waals surface area (Å²) in [7, 11) is 0. The molecular formula is C9H15FN4O2S. The number of hydrogen-bond acceptors (Lipinski definition) is 7. The highest BCUT2D eigenvalue weighted by Crippen LogP contribution is 2.36. The van der Waals surface area contributed by atoms with E-state index in [0.29, 0.717) is 13.0 Å². The number of aliphatic hydroxyl groups is 2. The molecule has 2 aliphatic rings. The Morgan fingerprint density at radius 2 is 2.41 bits per heavy atom. The monoisotopic (exact) mass is 262 g/mol. The molecule has 0 spiro atoms. The molecule has 0 saturated carbocycles. The Morgan fingerprint density at radius 3 is 3.00 bits per heavy atom. The molecule has 6 nitrogen and oxygen atoms in total. The maximum absolute atomic E-state index is 13.6. The molecule has 0 bridgehead atoms. The first kappa shape index (κ1) is 12.6. The summed E-state index contributed by atoms with van der Waals surface area (Å²) in [4.78, 5) is 8.85. The van der Waals surface area contributed by atoms with E-state index in [9.17, 15) is 9.50 Å². The topological polar surface area (TPSA) is 94.4 Å². The fourth-order valence-electron chi connectivity index (χ4n) is 1.83. The van der Waals surface area contributed by atoms with Gasteiger partial charge in [-0.25, -0.2) is 9.38 Å². The lowest BCUT2D eigenvalue weighted by atomic mass is 10.1. The van der Waals surface area contributed by atoms with Crippen molar-refractivity contribution in [2.45, 2.75) is 29.4 Å². The number of rotatable bonds is 3. The van der Waals surface area contributed by atoms with E-state index in [1.54, 1.807) is 0 Å². The quantitative estimate of drug-likeness (QED) is 0.614. The van der Waals surface area contributed by atoms with Crippen molar-refractivity contribution in [1.82, 2.24) is 4.90 Å². The van der Waals surface area contributed by atoms with E-state index in [0.717, 1.165) is 0 Å². The average molecular weight is 262 g/mol. The summed E-state index contributed by atoms with van der Waals surface area (Å²) < 4.78 is 13.6. The van der Waals surface area contributed by atoms with E-state index in [-0.39, 0.29) is 23.1 Å². The number of halogens is 1. The van der Waals surface area contributed by atoms with Gasteiger partial charge in [0.1, 0.15) is 6.17 Å². The van der Waals surface area contributed by atoms with Gasteiger partial charge >= 0.3 is 0 Å². The van der Waals surface area contributed by atoms with Crippen LogP contribution < -0.4 is 5.73 Å². The van der Waals surface area contributed by atoms with E-state index >= 15 is 0 Å². The minimum atomic E-state index is -1.10. The number of alkyl halides is 1. The standard InChI is InChI=1S/C9H15FN4O2S/c10-6-1-5(3-15)17-7(6)2-14-4-12-8(11)13-9(14)16/h4-7,9,15-16H,1-3H2,(H2,11,13)/t5-,6-,7-,9?/m0/s1. The van der Waals surface area contributed by atoms with Crippen LogP contribution in [0.2, 0.25) is 0 Å². The van der Waals surface area contributed by atoms with Gasteiger partial charge in [-0.2, -0.15) is 4.99 Å². The van der Waals surface area contributed by atoms with Gasteiger partial charge in [0, 0.05) is 11.8 Å². The lowest BCUT2D eigenvalue weighted by Gasteiger charge is -2.28. The number of nitrogens with zero attached hydrogens (tertiary/aromatic N) is 3. The molecule has 0 aromatic carbocycles. The second-order valence-corrected chi connectivity index (χ2v) is 5.55. The van der Waals surface area contributed by atoms with Gasteiger partial charge in [0.05, 0.1) is 18.2 Å². The van der Waals surface area contributed by atoms with Crippen molar-refractivity contribution >= 4 is 24.1 Å². The third-order valence-electron chi connectivity index (χ3n) is 2.74. The molecule has 2 rings (SSSR count). The molecule has 0 aromatic heterocycles. The molecule has 4 N–H and O–H groups in total. The average Bonchev–Trinajstić information content (AvgIpc) is 2.64. The molecule has 4 atom stereocenters. The van der Waals surface area contributed by atoms with Crippen molar-refractivity contribution < 1.29 is 14.6 Å². The summed E-state index contributed by atoms with van der Waals surface area (Å²) in [5.74, 6) is 0.0119. The van der Waals surface area contributed by atoms with Crippen molar-refractivity contribution in [2.75, 3.05) is 13.2 Å². The van der Waals surface area contributed by atoms with E-state index in [2.05, 4.69) is 9.98 Å². The molecule has 8 heteroatoms. The lowest BCUT2D eigenvalue weighted by molar-refractivity contribution is 0.0598. The van der Waals surface area contributed by atoms with Gasteiger partial charge in [-0.15, -0.1) is 11.8 Å². The number of aliphatic hydroxyl groups excluding tert-OH is 2. The van der Waals surface area contributed by atoms with Crippen molar-refractivity contribution in [3.05, 3.63) is 0 Å². The molecular weight excluding hydrogens is 247 g/mol. The second kappa shape index (κ2) is 5.19. The van der Waals surface area contributed by atoms with Crippen molar-refractivity contribution in [3.8, 4) is 0 Å². The van der Waals surface area contributed by atoms with E-state index in [4.69, 9.17) is 10.8 Å². The third kappa shape index (κ3) is 2.88. The van der Waals surface area contributed by atoms with Crippen LogP contribution in [-0.2, 0) is 0 Å². The lowest BCUT2D eigenvalue weighted by Crippen LogP contribution is -2.42. The van der Waals surface area contributed by atoms with Crippen LogP contribution in [-0.4, -0.2) is 63.6 Å². The van der Waals surface area contributed by atoms with Crippen LogP contribution in [0.1, 0.15) is 6.42 Å². The number of thioether (sulfide) groups is 1. The van der Waals surface area contributed by atoms with Gasteiger partial charge in [0.2, 0.25) is 12.3 Å². The summed E-state index contributed by atoms with van der Waals surface area (Å²) in [6, 6.07) is 0. The van der Waals surface area contributed by atoms with Crippen molar-refractivity contribution in [3.63, 3.8) is 0 Å². The summed E-state index contributed by atoms with van der Waals surface area (Å²) in [6.45, 7) is 0.271. The molecule has 0 radical (unpaired) electrons. The second-order valence-electron chi connectivity index (χ2n) is 4.01. The first-order valence-corrected chi connectivity index (χ1v) is 6.26. The summed E-state index contributed by atoms with van der Waals surface area (Å²) in [5.41, 5.74) is 5.32. The van der Waals surface area contributed by atoms with Crippen LogP contribution in [0, 0.1) is 0 Å². The Balaban J connectivity index is 1.92. The van der Waals surface area contributed by atoms with Crippen LogP contribution in [0.15, 0.2) is 9.98 Å². The summed E-state index contributed by atoms with van der Waals surface area (Å²) >= 11 is 1.40. The predicted octanol–water partition coefficient (Wildman–Crippen LogP) is -0.875. The Bertz CT molecular complexity index is 341. The first-order valence-electron chi connectivity index (χ1n) is 5.32. The first-order chi connectivity index (χ1) is 8.10.